The Morgan fingerprint density at radius 1 is 1.39 bits per heavy atom. The highest BCUT2D eigenvalue weighted by Gasteiger charge is 2.63. The summed E-state index contributed by atoms with van der Waals surface area (Å²) in [5.41, 5.74) is 2.44. The lowest BCUT2D eigenvalue weighted by Gasteiger charge is -2.36. The molecule has 1 nitrogen and oxygen atoms in total. The fourth-order valence-corrected chi connectivity index (χ4v) is 5.66. The minimum Gasteiger partial charge on any atom is -0.300 e. The number of hydrogen-bond donors (Lipinski definition) is 0. The van der Waals surface area contributed by atoms with E-state index >= 15 is 0 Å². The van der Waals surface area contributed by atoms with Gasteiger partial charge in [-0.05, 0) is 61.2 Å². The molecule has 3 rings (SSSR count). The van der Waals surface area contributed by atoms with Gasteiger partial charge in [-0.3, -0.25) is 4.79 Å². The van der Waals surface area contributed by atoms with E-state index in [1.807, 2.05) is 0 Å². The predicted molar refractivity (Wildman–Crippen MR) is 74.2 cm³/mol. The van der Waals surface area contributed by atoms with Crippen LogP contribution in [0.25, 0.3) is 0 Å². The summed E-state index contributed by atoms with van der Waals surface area (Å²) in [5.74, 6) is 2.76. The zero-order chi connectivity index (χ0) is 13.1. The number of rotatable bonds is 2. The molecule has 18 heavy (non-hydrogen) atoms. The number of carbonyl (C=O) groups is 1. The van der Waals surface area contributed by atoms with Crippen LogP contribution in [0.15, 0.2) is 11.6 Å². The average Bonchev–Trinajstić information content (AvgIpc) is 2.67. The molecule has 0 aromatic heterocycles. The van der Waals surface area contributed by atoms with Gasteiger partial charge in [0, 0.05) is 6.42 Å². The fraction of sp³-hybridized carbons (Fsp3) is 0.824. The van der Waals surface area contributed by atoms with Crippen molar-refractivity contribution in [3.63, 3.8) is 0 Å². The molecule has 3 aliphatic carbocycles. The maximum Gasteiger partial charge on any atom is 0.133 e. The highest BCUT2D eigenvalue weighted by molar-refractivity contribution is 5.78. The maximum atomic E-state index is 11.5. The van der Waals surface area contributed by atoms with Crippen molar-refractivity contribution < 1.29 is 4.79 Å². The fourth-order valence-electron chi connectivity index (χ4n) is 5.66. The van der Waals surface area contributed by atoms with Crippen LogP contribution in [0.5, 0.6) is 0 Å². The molecule has 3 aliphatic rings. The van der Waals surface area contributed by atoms with Gasteiger partial charge in [-0.2, -0.15) is 0 Å². The first-order valence-electron chi connectivity index (χ1n) is 7.56. The van der Waals surface area contributed by atoms with Gasteiger partial charge in [0.2, 0.25) is 0 Å². The van der Waals surface area contributed by atoms with Gasteiger partial charge >= 0.3 is 0 Å². The van der Waals surface area contributed by atoms with Crippen molar-refractivity contribution >= 4 is 5.78 Å². The van der Waals surface area contributed by atoms with E-state index in [1.54, 1.807) is 6.92 Å². The lowest BCUT2D eigenvalue weighted by atomic mass is 9.68. The van der Waals surface area contributed by atoms with Crippen LogP contribution in [-0.2, 0) is 4.79 Å². The minimum absolute atomic E-state index is 0.332. The molecule has 0 aliphatic heterocycles. The second kappa shape index (κ2) is 3.71. The lowest BCUT2D eigenvalue weighted by molar-refractivity contribution is -0.116. The smallest absolute Gasteiger partial charge is 0.133 e. The van der Waals surface area contributed by atoms with Gasteiger partial charge in [-0.15, -0.1) is 0 Å². The van der Waals surface area contributed by atoms with Crippen molar-refractivity contribution in [1.29, 1.82) is 0 Å². The second-order valence-corrected chi connectivity index (χ2v) is 7.70. The molecule has 0 saturated heterocycles. The summed E-state index contributed by atoms with van der Waals surface area (Å²) in [6, 6.07) is 0. The minimum atomic E-state index is 0.332. The number of fused-ring (bicyclic) bond motifs is 1. The summed E-state index contributed by atoms with van der Waals surface area (Å²) in [4.78, 5) is 11.5. The summed E-state index contributed by atoms with van der Waals surface area (Å²) in [6.45, 7) is 9.11. The first-order chi connectivity index (χ1) is 8.38. The predicted octanol–water partition coefficient (Wildman–Crippen LogP) is 4.37. The molecular weight excluding hydrogens is 220 g/mol. The molecule has 0 aromatic carbocycles. The summed E-state index contributed by atoms with van der Waals surface area (Å²) in [5, 5.41) is 0. The summed E-state index contributed by atoms with van der Waals surface area (Å²) in [7, 11) is 0. The molecule has 2 saturated carbocycles. The van der Waals surface area contributed by atoms with E-state index in [0.29, 0.717) is 29.0 Å². The van der Waals surface area contributed by atoms with Crippen LogP contribution in [0.1, 0.15) is 59.8 Å². The number of hydrogen-bond acceptors (Lipinski definition) is 1. The number of allylic oxidation sites excluding steroid dienone is 2. The van der Waals surface area contributed by atoms with Crippen LogP contribution in [0, 0.1) is 28.6 Å². The maximum absolute atomic E-state index is 11.5. The second-order valence-electron chi connectivity index (χ2n) is 7.70. The molecule has 100 valence electrons. The van der Waals surface area contributed by atoms with Crippen LogP contribution in [-0.4, -0.2) is 5.78 Å². The van der Waals surface area contributed by atoms with Gasteiger partial charge in [0.1, 0.15) is 5.78 Å². The Balaban J connectivity index is 1.99. The molecule has 0 unspecified atom stereocenters. The summed E-state index contributed by atoms with van der Waals surface area (Å²) >= 11 is 0. The molecule has 0 N–H and O–H groups in total. The quantitative estimate of drug-likeness (QED) is 0.661. The monoisotopic (exact) mass is 246 g/mol. The van der Waals surface area contributed by atoms with Crippen LogP contribution < -0.4 is 0 Å². The van der Waals surface area contributed by atoms with Crippen LogP contribution >= 0.6 is 0 Å². The Hall–Kier alpha value is -0.590. The third-order valence-corrected chi connectivity index (χ3v) is 6.59. The van der Waals surface area contributed by atoms with Gasteiger partial charge in [0.05, 0.1) is 0 Å². The largest absolute Gasteiger partial charge is 0.300 e. The van der Waals surface area contributed by atoms with Crippen molar-refractivity contribution in [3.05, 3.63) is 11.6 Å². The third-order valence-electron chi connectivity index (χ3n) is 6.59. The van der Waals surface area contributed by atoms with E-state index in [0.717, 1.165) is 11.8 Å². The van der Waals surface area contributed by atoms with Crippen molar-refractivity contribution in [2.24, 2.45) is 28.6 Å². The SMILES string of the molecule is CC(=O)CC1=CC[C@@]23C[C@@H]1C(C)(C)[C@@H]2CC[C@H]3C. The Labute approximate surface area is 111 Å². The first kappa shape index (κ1) is 12.4. The van der Waals surface area contributed by atoms with Gasteiger partial charge in [-0.25, -0.2) is 0 Å². The highest BCUT2D eigenvalue weighted by atomic mass is 16.1. The van der Waals surface area contributed by atoms with Crippen LogP contribution in [0.4, 0.5) is 0 Å². The van der Waals surface area contributed by atoms with Crippen molar-refractivity contribution in [2.75, 3.05) is 0 Å². The van der Waals surface area contributed by atoms with Crippen LogP contribution in [0.2, 0.25) is 0 Å². The van der Waals surface area contributed by atoms with E-state index in [-0.39, 0.29) is 0 Å². The Bertz CT molecular complexity index is 417. The highest BCUT2D eigenvalue weighted by Crippen LogP contribution is 2.71. The van der Waals surface area contributed by atoms with Gasteiger partial charge in [0.15, 0.2) is 0 Å². The summed E-state index contributed by atoms with van der Waals surface area (Å²) in [6.07, 6.45) is 8.55. The third kappa shape index (κ3) is 1.42. The van der Waals surface area contributed by atoms with Crippen LogP contribution in [0.3, 0.4) is 0 Å². The zero-order valence-electron chi connectivity index (χ0n) is 12.3. The molecule has 0 radical (unpaired) electrons. The van der Waals surface area contributed by atoms with Gasteiger partial charge in [0.25, 0.3) is 0 Å². The van der Waals surface area contributed by atoms with E-state index in [4.69, 9.17) is 0 Å². The van der Waals surface area contributed by atoms with E-state index in [1.165, 1.54) is 31.3 Å². The van der Waals surface area contributed by atoms with E-state index < -0.39 is 0 Å². The molecule has 1 heteroatoms. The molecule has 0 heterocycles. The zero-order valence-corrected chi connectivity index (χ0v) is 12.3. The Morgan fingerprint density at radius 2 is 2.11 bits per heavy atom. The normalized spacial score (nSPS) is 44.7. The molecule has 0 aromatic rings. The van der Waals surface area contributed by atoms with Gasteiger partial charge < -0.3 is 0 Å². The topological polar surface area (TPSA) is 17.1 Å². The standard InChI is InChI=1S/C17H26O/c1-11-5-6-15-16(3,4)14-10-17(11,15)8-7-13(14)9-12(2)18/h7,11,14-15H,5-6,8-10H2,1-4H3/t11-,14+,15+,17+/m1/s1. The molecule has 2 bridgehead atoms. The number of carbonyl (C=O) groups excluding carboxylic acids is 1. The number of ketones is 1. The van der Waals surface area contributed by atoms with Gasteiger partial charge in [-0.1, -0.05) is 32.4 Å². The van der Waals surface area contributed by atoms with Crippen molar-refractivity contribution in [3.8, 4) is 0 Å². The molecule has 1 spiro atoms. The molecular formula is C17H26O. The Morgan fingerprint density at radius 3 is 2.78 bits per heavy atom. The van der Waals surface area contributed by atoms with Crippen molar-refractivity contribution in [2.45, 2.75) is 59.8 Å². The van der Waals surface area contributed by atoms with E-state index in [9.17, 15) is 4.79 Å². The molecule has 0 amide bonds. The Kier molecular flexibility index (Phi) is 2.56. The molecule has 2 fully saturated rings. The van der Waals surface area contributed by atoms with Crippen molar-refractivity contribution in [1.82, 2.24) is 0 Å². The molecule has 4 atom stereocenters. The summed E-state index contributed by atoms with van der Waals surface area (Å²) < 4.78 is 0. The van der Waals surface area contributed by atoms with E-state index in [2.05, 4.69) is 26.8 Å². The number of Topliss-reactive ketones (excluding diaryl/α,β-unsaturated/α-hetero) is 1. The first-order valence-corrected chi connectivity index (χ1v) is 7.56. The lowest BCUT2D eigenvalue weighted by Crippen LogP contribution is -2.30. The average molecular weight is 246 g/mol.